The minimum absolute atomic E-state index is 0.854. The Balaban J connectivity index is 2.27. The maximum atomic E-state index is 2.57. The zero-order valence-electron chi connectivity index (χ0n) is 16.8. The molecule has 6 unspecified atom stereocenters. The molecule has 2 aliphatic rings. The van der Waals surface area contributed by atoms with E-state index < -0.39 is 0 Å². The highest BCUT2D eigenvalue weighted by Gasteiger charge is 2.39. The van der Waals surface area contributed by atoms with Gasteiger partial charge < -0.3 is 0 Å². The molecule has 138 valence electrons. The Kier molecular flexibility index (Phi) is 8.63. The van der Waals surface area contributed by atoms with Gasteiger partial charge in [0, 0.05) is 0 Å². The summed E-state index contributed by atoms with van der Waals surface area (Å²) in [4.78, 5) is 0. The Morgan fingerprint density at radius 1 is 0.833 bits per heavy atom. The Bertz CT molecular complexity index is 391. The van der Waals surface area contributed by atoms with Crippen LogP contribution in [0.3, 0.4) is 0 Å². The minimum atomic E-state index is 0.854. The molecule has 0 spiro atoms. The van der Waals surface area contributed by atoms with Gasteiger partial charge in [-0.2, -0.15) is 0 Å². The molecular weight excluding hydrogens is 288 g/mol. The topological polar surface area (TPSA) is 0 Å². The van der Waals surface area contributed by atoms with Crippen LogP contribution in [0.5, 0.6) is 0 Å². The van der Waals surface area contributed by atoms with Gasteiger partial charge in [-0.25, -0.2) is 0 Å². The van der Waals surface area contributed by atoms with Crippen molar-refractivity contribution in [3.8, 4) is 0 Å². The first kappa shape index (κ1) is 19.8. The summed E-state index contributed by atoms with van der Waals surface area (Å²) in [5.41, 5.74) is 0. The summed E-state index contributed by atoms with van der Waals surface area (Å²) in [6.07, 6.45) is 23.9. The van der Waals surface area contributed by atoms with Crippen molar-refractivity contribution in [2.75, 3.05) is 0 Å². The molecule has 0 amide bonds. The van der Waals surface area contributed by atoms with Crippen LogP contribution in [0.25, 0.3) is 0 Å². The standard InChI is InChI=1S/C24H42/c1-5-7-13-19(3)21-16-11-12-17-22-20(4)14-9-10-18-24(21)23(22)15-8-6-2/h5-8,19-24H,9-18H2,1-4H3/b7-5+,8-6+. The van der Waals surface area contributed by atoms with Gasteiger partial charge in [-0.1, -0.05) is 70.3 Å². The van der Waals surface area contributed by atoms with Gasteiger partial charge >= 0.3 is 0 Å². The fraction of sp³-hybridized carbons (Fsp3) is 0.833. The molecule has 0 N–H and O–H groups in total. The third-order valence-corrected chi connectivity index (χ3v) is 7.27. The Hall–Kier alpha value is -0.520. The van der Waals surface area contributed by atoms with E-state index in [4.69, 9.17) is 0 Å². The van der Waals surface area contributed by atoms with E-state index >= 15 is 0 Å². The summed E-state index contributed by atoms with van der Waals surface area (Å²) in [5.74, 6) is 5.62. The van der Waals surface area contributed by atoms with Gasteiger partial charge in [0.1, 0.15) is 0 Å². The molecule has 0 heteroatoms. The van der Waals surface area contributed by atoms with Crippen molar-refractivity contribution >= 4 is 0 Å². The molecule has 2 fully saturated rings. The summed E-state index contributed by atoms with van der Waals surface area (Å²) in [6.45, 7) is 9.48. The lowest BCUT2D eigenvalue weighted by atomic mass is 9.60. The second kappa shape index (κ2) is 10.5. The van der Waals surface area contributed by atoms with Crippen molar-refractivity contribution in [2.45, 2.75) is 91.9 Å². The van der Waals surface area contributed by atoms with Crippen LogP contribution in [0.1, 0.15) is 91.9 Å². The van der Waals surface area contributed by atoms with E-state index in [1.54, 1.807) is 0 Å². The van der Waals surface area contributed by atoms with E-state index in [1.807, 2.05) is 0 Å². The van der Waals surface area contributed by atoms with Crippen molar-refractivity contribution in [2.24, 2.45) is 35.5 Å². The number of hydrogen-bond acceptors (Lipinski definition) is 0. The molecule has 6 atom stereocenters. The molecule has 0 nitrogen and oxygen atoms in total. The van der Waals surface area contributed by atoms with Crippen molar-refractivity contribution < 1.29 is 0 Å². The predicted molar refractivity (Wildman–Crippen MR) is 108 cm³/mol. The Morgan fingerprint density at radius 2 is 1.46 bits per heavy atom. The Morgan fingerprint density at radius 3 is 2.17 bits per heavy atom. The molecule has 0 saturated heterocycles. The van der Waals surface area contributed by atoms with Crippen LogP contribution in [0.4, 0.5) is 0 Å². The summed E-state index contributed by atoms with van der Waals surface area (Å²) in [6, 6.07) is 0. The highest BCUT2D eigenvalue weighted by atomic mass is 14.4. The number of rotatable bonds is 5. The van der Waals surface area contributed by atoms with Crippen LogP contribution in [0.2, 0.25) is 0 Å². The van der Waals surface area contributed by atoms with E-state index in [9.17, 15) is 0 Å². The van der Waals surface area contributed by atoms with Gasteiger partial charge in [0.15, 0.2) is 0 Å². The van der Waals surface area contributed by atoms with Gasteiger partial charge in [-0.3, -0.25) is 0 Å². The molecule has 2 aliphatic carbocycles. The largest absolute Gasteiger partial charge is 0.0917 e. The minimum Gasteiger partial charge on any atom is -0.0917 e. The van der Waals surface area contributed by atoms with Crippen molar-refractivity contribution in [1.82, 2.24) is 0 Å². The van der Waals surface area contributed by atoms with Crippen molar-refractivity contribution in [1.29, 1.82) is 0 Å². The van der Waals surface area contributed by atoms with Gasteiger partial charge in [-0.05, 0) is 81.5 Å². The fourth-order valence-corrected chi connectivity index (χ4v) is 5.89. The monoisotopic (exact) mass is 330 g/mol. The highest BCUT2D eigenvalue weighted by Crippen LogP contribution is 2.48. The first-order chi connectivity index (χ1) is 11.7. The first-order valence-corrected chi connectivity index (χ1v) is 10.9. The maximum Gasteiger partial charge on any atom is -0.0317 e. The Labute approximate surface area is 152 Å². The second-order valence-corrected chi connectivity index (χ2v) is 8.79. The van der Waals surface area contributed by atoms with Crippen molar-refractivity contribution in [3.63, 3.8) is 0 Å². The molecule has 2 bridgehead atoms. The molecule has 0 aliphatic heterocycles. The predicted octanol–water partition coefficient (Wildman–Crippen LogP) is 7.80. The van der Waals surface area contributed by atoms with Crippen LogP contribution >= 0.6 is 0 Å². The molecule has 0 aromatic heterocycles. The summed E-state index contributed by atoms with van der Waals surface area (Å²) in [5, 5.41) is 0. The summed E-state index contributed by atoms with van der Waals surface area (Å²) < 4.78 is 0. The molecule has 0 aromatic rings. The number of allylic oxidation sites excluding steroid dienone is 4. The van der Waals surface area contributed by atoms with Gasteiger partial charge in [-0.15, -0.1) is 0 Å². The smallest absolute Gasteiger partial charge is 0.0317 e. The quantitative estimate of drug-likeness (QED) is 0.451. The molecule has 0 heterocycles. The lowest BCUT2D eigenvalue weighted by molar-refractivity contribution is 0.0466. The zero-order valence-corrected chi connectivity index (χ0v) is 16.8. The molecular formula is C24H42. The second-order valence-electron chi connectivity index (χ2n) is 8.79. The number of hydrogen-bond donors (Lipinski definition) is 0. The average Bonchev–Trinajstić information content (AvgIpc) is 2.55. The highest BCUT2D eigenvalue weighted by molar-refractivity contribution is 4.94. The normalized spacial score (nSPS) is 36.9. The first-order valence-electron chi connectivity index (χ1n) is 10.9. The zero-order chi connectivity index (χ0) is 17.4. The van der Waals surface area contributed by atoms with E-state index in [0.29, 0.717) is 0 Å². The van der Waals surface area contributed by atoms with Gasteiger partial charge in [0.05, 0.1) is 0 Å². The molecule has 2 rings (SSSR count). The van der Waals surface area contributed by atoms with E-state index in [2.05, 4.69) is 52.0 Å². The fourth-order valence-electron chi connectivity index (χ4n) is 5.89. The van der Waals surface area contributed by atoms with Crippen molar-refractivity contribution in [3.05, 3.63) is 24.3 Å². The van der Waals surface area contributed by atoms with Gasteiger partial charge in [0.2, 0.25) is 0 Å². The van der Waals surface area contributed by atoms with E-state index in [0.717, 1.165) is 35.5 Å². The molecule has 24 heavy (non-hydrogen) atoms. The third kappa shape index (κ3) is 5.24. The van der Waals surface area contributed by atoms with Crippen LogP contribution in [-0.2, 0) is 0 Å². The maximum absolute atomic E-state index is 2.57. The van der Waals surface area contributed by atoms with Crippen LogP contribution in [-0.4, -0.2) is 0 Å². The SMILES string of the molecule is C/C=C/CC(C)C1CCCCC2C(C)CCCCC1C2C/C=C/C. The molecule has 0 aromatic carbocycles. The molecule has 2 saturated carbocycles. The lowest BCUT2D eigenvalue weighted by Crippen LogP contribution is -2.37. The number of fused-ring (bicyclic) bond motifs is 2. The van der Waals surface area contributed by atoms with Crippen LogP contribution in [0, 0.1) is 35.5 Å². The van der Waals surface area contributed by atoms with E-state index in [1.165, 1.54) is 64.2 Å². The van der Waals surface area contributed by atoms with E-state index in [-0.39, 0.29) is 0 Å². The third-order valence-electron chi connectivity index (χ3n) is 7.27. The molecule has 0 radical (unpaired) electrons. The average molecular weight is 331 g/mol. The summed E-state index contributed by atoms with van der Waals surface area (Å²) in [7, 11) is 0. The van der Waals surface area contributed by atoms with Crippen LogP contribution in [0.15, 0.2) is 24.3 Å². The summed E-state index contributed by atoms with van der Waals surface area (Å²) >= 11 is 0. The lowest BCUT2D eigenvalue weighted by Gasteiger charge is -2.46. The van der Waals surface area contributed by atoms with Crippen LogP contribution < -0.4 is 0 Å². The van der Waals surface area contributed by atoms with Gasteiger partial charge in [0.25, 0.3) is 0 Å².